The minimum atomic E-state index is -0.677. The number of nitrogens with zero attached hydrogens (tertiary/aromatic N) is 1. The van der Waals surface area contributed by atoms with Crippen molar-refractivity contribution in [2.75, 3.05) is 14.2 Å². The van der Waals surface area contributed by atoms with Crippen molar-refractivity contribution in [3.8, 4) is 11.5 Å². The van der Waals surface area contributed by atoms with Crippen molar-refractivity contribution in [3.63, 3.8) is 0 Å². The lowest BCUT2D eigenvalue weighted by Gasteiger charge is -2.24. The highest BCUT2D eigenvalue weighted by atomic mass is 16.5. The molecular formula is C32H29NO6. The van der Waals surface area contributed by atoms with Crippen LogP contribution in [0, 0.1) is 0 Å². The Morgan fingerprint density at radius 2 is 1.10 bits per heavy atom. The lowest BCUT2D eigenvalue weighted by molar-refractivity contribution is -0.131. The molecule has 0 heterocycles. The number of rotatable bonds is 10. The second-order valence-electron chi connectivity index (χ2n) is 8.83. The molecule has 0 atom stereocenters. The van der Waals surface area contributed by atoms with E-state index < -0.39 is 11.9 Å². The molecule has 0 aliphatic carbocycles. The Labute approximate surface area is 227 Å². The molecule has 0 saturated carbocycles. The molecule has 4 aromatic carbocycles. The minimum absolute atomic E-state index is 0.0352. The lowest BCUT2D eigenvalue weighted by Crippen LogP contribution is -2.31. The highest BCUT2D eigenvalue weighted by molar-refractivity contribution is 6.03. The Kier molecular flexibility index (Phi) is 9.08. The number of methoxy groups -OCH3 is 2. The fourth-order valence-electron chi connectivity index (χ4n) is 4.10. The molecule has 7 heteroatoms. The van der Waals surface area contributed by atoms with Crippen molar-refractivity contribution in [1.29, 1.82) is 0 Å². The van der Waals surface area contributed by atoms with Gasteiger partial charge < -0.3 is 19.1 Å². The van der Waals surface area contributed by atoms with E-state index >= 15 is 0 Å². The van der Waals surface area contributed by atoms with Crippen LogP contribution in [0.2, 0.25) is 0 Å². The largest absolute Gasteiger partial charge is 0.465 e. The van der Waals surface area contributed by atoms with Crippen molar-refractivity contribution in [2.24, 2.45) is 0 Å². The molecule has 0 fully saturated rings. The zero-order chi connectivity index (χ0) is 27.6. The molecule has 198 valence electrons. The smallest absolute Gasteiger partial charge is 0.338 e. The van der Waals surface area contributed by atoms with Gasteiger partial charge in [-0.15, -0.1) is 0 Å². The van der Waals surface area contributed by atoms with Crippen molar-refractivity contribution in [2.45, 2.75) is 19.5 Å². The average molecular weight is 524 g/mol. The Hall–Kier alpha value is -4.91. The molecule has 0 spiro atoms. The number of esters is 2. The molecule has 0 aliphatic heterocycles. The van der Waals surface area contributed by atoms with E-state index in [0.29, 0.717) is 24.4 Å². The van der Waals surface area contributed by atoms with Gasteiger partial charge in [0, 0.05) is 13.1 Å². The van der Waals surface area contributed by atoms with Gasteiger partial charge in [-0.2, -0.15) is 0 Å². The molecule has 0 bridgehead atoms. The first-order valence-electron chi connectivity index (χ1n) is 12.4. The third-order valence-corrected chi connectivity index (χ3v) is 6.09. The van der Waals surface area contributed by atoms with Gasteiger partial charge in [0.25, 0.3) is 0 Å². The third kappa shape index (κ3) is 7.32. The first-order chi connectivity index (χ1) is 19.0. The van der Waals surface area contributed by atoms with E-state index in [2.05, 4.69) is 0 Å². The number of carbonyl (C=O) groups excluding carboxylic acids is 3. The highest BCUT2D eigenvalue weighted by Crippen LogP contribution is 2.23. The highest BCUT2D eigenvalue weighted by Gasteiger charge is 2.21. The van der Waals surface area contributed by atoms with Crippen LogP contribution in [0.15, 0.2) is 103 Å². The summed E-state index contributed by atoms with van der Waals surface area (Å²) in [7, 11) is 2.47. The van der Waals surface area contributed by atoms with Gasteiger partial charge in [-0.25, -0.2) is 9.59 Å². The van der Waals surface area contributed by atoms with E-state index in [1.54, 1.807) is 11.0 Å². The number of carbonyl (C=O) groups is 3. The Morgan fingerprint density at radius 1 is 0.590 bits per heavy atom. The van der Waals surface area contributed by atoms with Crippen LogP contribution in [0.1, 0.15) is 37.4 Å². The monoisotopic (exact) mass is 523 g/mol. The van der Waals surface area contributed by atoms with Crippen molar-refractivity contribution < 1.29 is 28.6 Å². The van der Waals surface area contributed by atoms with Crippen LogP contribution in [-0.4, -0.2) is 37.0 Å². The van der Waals surface area contributed by atoms with Crippen LogP contribution in [-0.2, 0) is 33.8 Å². The van der Waals surface area contributed by atoms with Crippen LogP contribution in [0.3, 0.4) is 0 Å². The standard InChI is InChI=1S/C32H29NO6/c1-37-31(35)28-18-15-25(19-29(28)32(36)38-2)20-30(34)33(21-23-9-5-3-6-10-23)22-24-13-16-27(17-14-24)39-26-11-7-4-8-12-26/h3-19H,20-22H2,1-2H3. The van der Waals surface area contributed by atoms with Gasteiger partial charge >= 0.3 is 11.9 Å². The van der Waals surface area contributed by atoms with E-state index in [1.165, 1.54) is 26.4 Å². The molecule has 0 aliphatic rings. The molecule has 39 heavy (non-hydrogen) atoms. The summed E-state index contributed by atoms with van der Waals surface area (Å²) < 4.78 is 15.5. The fraction of sp³-hybridized carbons (Fsp3) is 0.156. The maximum absolute atomic E-state index is 13.5. The van der Waals surface area contributed by atoms with E-state index in [4.69, 9.17) is 14.2 Å². The van der Waals surface area contributed by atoms with E-state index in [0.717, 1.165) is 16.9 Å². The SMILES string of the molecule is COC(=O)c1ccc(CC(=O)N(Cc2ccccc2)Cc2ccc(Oc3ccccc3)cc2)cc1C(=O)OC. The summed E-state index contributed by atoms with van der Waals surface area (Å²) in [4.78, 5) is 39.7. The Balaban J connectivity index is 1.54. The number of amides is 1. The topological polar surface area (TPSA) is 82.1 Å². The van der Waals surface area contributed by atoms with Crippen LogP contribution in [0.25, 0.3) is 0 Å². The zero-order valence-corrected chi connectivity index (χ0v) is 21.8. The maximum atomic E-state index is 13.5. The second-order valence-corrected chi connectivity index (χ2v) is 8.83. The number of para-hydroxylation sites is 1. The minimum Gasteiger partial charge on any atom is -0.465 e. The van der Waals surface area contributed by atoms with Gasteiger partial charge in [0.2, 0.25) is 5.91 Å². The van der Waals surface area contributed by atoms with Crippen molar-refractivity contribution >= 4 is 17.8 Å². The number of hydrogen-bond donors (Lipinski definition) is 0. The van der Waals surface area contributed by atoms with Crippen molar-refractivity contribution in [1.82, 2.24) is 4.90 Å². The van der Waals surface area contributed by atoms with E-state index in [9.17, 15) is 14.4 Å². The molecular weight excluding hydrogens is 494 g/mol. The molecule has 7 nitrogen and oxygen atoms in total. The summed E-state index contributed by atoms with van der Waals surface area (Å²) >= 11 is 0. The van der Waals surface area contributed by atoms with E-state index in [1.807, 2.05) is 84.9 Å². The molecule has 0 unspecified atom stereocenters. The average Bonchev–Trinajstić information content (AvgIpc) is 2.98. The predicted molar refractivity (Wildman–Crippen MR) is 146 cm³/mol. The molecule has 4 aromatic rings. The molecule has 0 N–H and O–H groups in total. The van der Waals surface area contributed by atoms with Gasteiger partial charge in [0.1, 0.15) is 11.5 Å². The summed E-state index contributed by atoms with van der Waals surface area (Å²) in [6.07, 6.45) is 0.0352. The first-order valence-corrected chi connectivity index (χ1v) is 12.4. The van der Waals surface area contributed by atoms with Gasteiger partial charge in [0.15, 0.2) is 0 Å². The number of benzene rings is 4. The van der Waals surface area contributed by atoms with Gasteiger partial charge in [-0.1, -0.05) is 66.7 Å². The van der Waals surface area contributed by atoms with Gasteiger partial charge in [-0.3, -0.25) is 4.79 Å². The molecule has 1 amide bonds. The van der Waals surface area contributed by atoms with Crippen LogP contribution in [0.5, 0.6) is 11.5 Å². The second kappa shape index (κ2) is 13.1. The number of ether oxygens (including phenoxy) is 3. The summed E-state index contributed by atoms with van der Waals surface area (Å²) in [5.41, 5.74) is 2.65. The fourth-order valence-corrected chi connectivity index (χ4v) is 4.10. The van der Waals surface area contributed by atoms with E-state index in [-0.39, 0.29) is 23.5 Å². The normalized spacial score (nSPS) is 10.4. The summed E-state index contributed by atoms with van der Waals surface area (Å²) in [5.74, 6) is -0.0185. The summed E-state index contributed by atoms with van der Waals surface area (Å²) in [5, 5.41) is 0. The zero-order valence-electron chi connectivity index (χ0n) is 21.8. The summed E-state index contributed by atoms with van der Waals surface area (Å²) in [6.45, 7) is 0.787. The molecule has 0 saturated heterocycles. The number of hydrogen-bond acceptors (Lipinski definition) is 6. The Morgan fingerprint density at radius 3 is 1.72 bits per heavy atom. The van der Waals surface area contributed by atoms with Gasteiger partial charge in [-0.05, 0) is 53.1 Å². The predicted octanol–water partition coefficient (Wildman–Crippen LogP) is 5.82. The van der Waals surface area contributed by atoms with Crippen LogP contribution in [0.4, 0.5) is 0 Å². The summed E-state index contributed by atoms with van der Waals surface area (Å²) in [6, 6.07) is 31.5. The van der Waals surface area contributed by atoms with Crippen LogP contribution >= 0.6 is 0 Å². The Bertz CT molecular complexity index is 1420. The van der Waals surface area contributed by atoms with Crippen LogP contribution < -0.4 is 4.74 Å². The quantitative estimate of drug-likeness (QED) is 0.244. The van der Waals surface area contributed by atoms with Gasteiger partial charge in [0.05, 0.1) is 31.8 Å². The maximum Gasteiger partial charge on any atom is 0.338 e. The molecule has 4 rings (SSSR count). The van der Waals surface area contributed by atoms with Crippen molar-refractivity contribution in [3.05, 3.63) is 131 Å². The lowest BCUT2D eigenvalue weighted by atomic mass is 10.0. The molecule has 0 aromatic heterocycles. The third-order valence-electron chi connectivity index (χ3n) is 6.09. The first kappa shape index (κ1) is 27.1. The molecule has 0 radical (unpaired) electrons.